The summed E-state index contributed by atoms with van der Waals surface area (Å²) in [7, 11) is -2.02. The van der Waals surface area contributed by atoms with Crippen molar-refractivity contribution in [3.05, 3.63) is 12.2 Å². The Kier molecular flexibility index (Phi) is 10.6. The number of rotatable bonds is 13. The predicted molar refractivity (Wildman–Crippen MR) is 88.9 cm³/mol. The lowest BCUT2D eigenvalue weighted by molar-refractivity contribution is -0.909. The van der Waals surface area contributed by atoms with Gasteiger partial charge in [0.15, 0.2) is 0 Å². The van der Waals surface area contributed by atoms with E-state index < -0.39 is 13.8 Å². The highest BCUT2D eigenvalue weighted by Gasteiger charge is 2.25. The second-order valence-corrected chi connectivity index (χ2v) is 7.30. The molecule has 0 aromatic rings. The number of ether oxygens (including phenoxy) is 1. The van der Waals surface area contributed by atoms with Crippen molar-refractivity contribution in [1.82, 2.24) is 0 Å². The Morgan fingerprint density at radius 2 is 1.61 bits per heavy atom. The molecule has 8 heteroatoms. The summed E-state index contributed by atoms with van der Waals surface area (Å²) >= 11 is 0. The van der Waals surface area contributed by atoms with Crippen LogP contribution in [-0.4, -0.2) is 61.8 Å². The fourth-order valence-electron chi connectivity index (χ4n) is 2.24. The summed E-state index contributed by atoms with van der Waals surface area (Å²) in [5.41, 5.74) is 0.261. The van der Waals surface area contributed by atoms with Gasteiger partial charge in [0.1, 0.15) is 19.8 Å². The Morgan fingerprint density at radius 3 is 2.09 bits per heavy atom. The van der Waals surface area contributed by atoms with Crippen LogP contribution < -0.4 is 0 Å². The molecular formula is C15H31NO6P+. The van der Waals surface area contributed by atoms with Crippen molar-refractivity contribution in [2.24, 2.45) is 0 Å². The van der Waals surface area contributed by atoms with E-state index in [1.807, 2.05) is 0 Å². The molecule has 1 unspecified atom stereocenters. The van der Waals surface area contributed by atoms with E-state index in [0.29, 0.717) is 6.54 Å². The van der Waals surface area contributed by atoms with Crippen molar-refractivity contribution >= 4 is 13.8 Å². The molecule has 0 saturated carbocycles. The molecule has 0 rings (SSSR count). The maximum Gasteiger partial charge on any atom is 0.472 e. The molecule has 1 N–H and O–H groups in total. The van der Waals surface area contributed by atoms with Crippen molar-refractivity contribution in [2.45, 2.75) is 33.6 Å². The monoisotopic (exact) mass is 352 g/mol. The molecule has 0 bridgehead atoms. The number of carbonyl (C=O) groups excluding carboxylic acids is 1. The molecule has 0 saturated heterocycles. The lowest BCUT2D eigenvalue weighted by Crippen LogP contribution is -2.47. The van der Waals surface area contributed by atoms with Gasteiger partial charge in [-0.2, -0.15) is 0 Å². The number of esters is 1. The Balaban J connectivity index is 4.10. The number of phosphoric acid groups is 1. The number of quaternary nitrogens is 1. The van der Waals surface area contributed by atoms with Gasteiger partial charge in [-0.25, -0.2) is 9.36 Å². The summed E-state index contributed by atoms with van der Waals surface area (Å²) in [5.74, 6) is -0.561. The van der Waals surface area contributed by atoms with Gasteiger partial charge >= 0.3 is 13.8 Å². The van der Waals surface area contributed by atoms with Crippen molar-refractivity contribution in [3.8, 4) is 0 Å². The zero-order valence-corrected chi connectivity index (χ0v) is 15.6. The lowest BCUT2D eigenvalue weighted by atomic mass is 10.3. The van der Waals surface area contributed by atoms with Gasteiger partial charge in [0.25, 0.3) is 0 Å². The van der Waals surface area contributed by atoms with Crippen LogP contribution in [0.3, 0.4) is 0 Å². The van der Waals surface area contributed by atoms with Crippen LogP contribution in [0, 0.1) is 0 Å². The zero-order valence-electron chi connectivity index (χ0n) is 14.7. The van der Waals surface area contributed by atoms with Gasteiger partial charge in [-0.3, -0.25) is 9.05 Å². The van der Waals surface area contributed by atoms with Gasteiger partial charge < -0.3 is 14.1 Å². The number of likely N-dealkylation sites (N-methyl/N-ethyl adjacent to an activating group) is 1. The van der Waals surface area contributed by atoms with Gasteiger partial charge in [0.05, 0.1) is 26.7 Å². The van der Waals surface area contributed by atoms with E-state index in [4.69, 9.17) is 13.8 Å². The summed E-state index contributed by atoms with van der Waals surface area (Å²) in [4.78, 5) is 20.7. The first-order valence-corrected chi connectivity index (χ1v) is 9.43. The Labute approximate surface area is 139 Å². The van der Waals surface area contributed by atoms with Gasteiger partial charge in [-0.15, -0.1) is 0 Å². The third kappa shape index (κ3) is 10.6. The van der Waals surface area contributed by atoms with E-state index >= 15 is 0 Å². The van der Waals surface area contributed by atoms with Gasteiger partial charge in [-0.05, 0) is 19.8 Å². The smallest absolute Gasteiger partial charge is 0.460 e. The number of nitrogens with zero attached hydrogens (tertiary/aromatic N) is 1. The lowest BCUT2D eigenvalue weighted by Gasteiger charge is -2.34. The van der Waals surface area contributed by atoms with E-state index in [2.05, 4.69) is 27.5 Å². The average molecular weight is 352 g/mol. The summed E-state index contributed by atoms with van der Waals surface area (Å²) < 4.78 is 27.1. The first-order valence-electron chi connectivity index (χ1n) is 7.94. The quantitative estimate of drug-likeness (QED) is 0.180. The van der Waals surface area contributed by atoms with E-state index in [0.717, 1.165) is 30.4 Å². The standard InChI is InChI=1S/C15H30NO6P/c1-6-8-16(5,9-7-2)10-11-21-23(18,19)22-13-12-20-15(17)14(3)4/h3,6-13H2,1-2,4-5H3/p+1. The van der Waals surface area contributed by atoms with Gasteiger partial charge in [-0.1, -0.05) is 20.4 Å². The van der Waals surface area contributed by atoms with Crippen molar-refractivity contribution in [2.75, 3.05) is 46.5 Å². The van der Waals surface area contributed by atoms with Crippen LogP contribution in [0.15, 0.2) is 12.2 Å². The van der Waals surface area contributed by atoms with Crippen LogP contribution in [0.5, 0.6) is 0 Å². The third-order valence-electron chi connectivity index (χ3n) is 3.33. The number of phosphoric ester groups is 1. The minimum atomic E-state index is -4.12. The maximum atomic E-state index is 11.7. The molecule has 0 aliphatic carbocycles. The van der Waals surface area contributed by atoms with Crippen molar-refractivity contribution < 1.29 is 32.5 Å². The number of carbonyl (C=O) groups is 1. The Bertz CT molecular complexity index is 420. The van der Waals surface area contributed by atoms with Crippen LogP contribution in [0.4, 0.5) is 0 Å². The fraction of sp³-hybridized carbons (Fsp3) is 0.800. The molecule has 0 aromatic heterocycles. The first-order chi connectivity index (χ1) is 10.7. The first kappa shape index (κ1) is 22.3. The van der Waals surface area contributed by atoms with Gasteiger partial charge in [0, 0.05) is 5.57 Å². The molecule has 0 aliphatic heterocycles. The molecule has 1 atom stereocenters. The summed E-state index contributed by atoms with van der Waals surface area (Å²) in [6.45, 7) is 11.6. The second kappa shape index (κ2) is 10.9. The fourth-order valence-corrected chi connectivity index (χ4v) is 2.93. The summed E-state index contributed by atoms with van der Waals surface area (Å²) in [5, 5.41) is 0. The Morgan fingerprint density at radius 1 is 1.09 bits per heavy atom. The number of hydrogen-bond acceptors (Lipinski definition) is 5. The topological polar surface area (TPSA) is 82.1 Å². The predicted octanol–water partition coefficient (Wildman–Crippen LogP) is 2.51. The molecule has 136 valence electrons. The van der Waals surface area contributed by atoms with E-state index in [1.165, 1.54) is 6.92 Å². The van der Waals surface area contributed by atoms with E-state index in [1.54, 1.807) is 0 Å². The SMILES string of the molecule is C=C(C)C(=O)OCCOP(=O)(O)OCC[N+](C)(CCC)CCC. The molecule has 0 aliphatic rings. The second-order valence-electron chi connectivity index (χ2n) is 5.84. The van der Waals surface area contributed by atoms with Crippen LogP contribution in [0.25, 0.3) is 0 Å². The summed E-state index contributed by atoms with van der Waals surface area (Å²) in [6, 6.07) is 0. The molecule has 0 amide bonds. The van der Waals surface area contributed by atoms with Crippen LogP contribution >= 0.6 is 7.82 Å². The molecule has 0 aromatic carbocycles. The minimum Gasteiger partial charge on any atom is -0.460 e. The highest BCUT2D eigenvalue weighted by Crippen LogP contribution is 2.42. The highest BCUT2D eigenvalue weighted by molar-refractivity contribution is 7.47. The zero-order chi connectivity index (χ0) is 17.9. The van der Waals surface area contributed by atoms with E-state index in [-0.39, 0.29) is 25.4 Å². The molecular weight excluding hydrogens is 321 g/mol. The maximum absolute atomic E-state index is 11.7. The van der Waals surface area contributed by atoms with Gasteiger partial charge in [0.2, 0.25) is 0 Å². The van der Waals surface area contributed by atoms with Crippen LogP contribution in [0.2, 0.25) is 0 Å². The molecule has 0 fully saturated rings. The Hall–Kier alpha value is -0.720. The minimum absolute atomic E-state index is 0.126. The molecule has 0 spiro atoms. The highest BCUT2D eigenvalue weighted by atomic mass is 31.2. The van der Waals surface area contributed by atoms with Crippen LogP contribution in [0.1, 0.15) is 33.6 Å². The van der Waals surface area contributed by atoms with Crippen molar-refractivity contribution in [3.63, 3.8) is 0 Å². The molecule has 7 nitrogen and oxygen atoms in total. The largest absolute Gasteiger partial charge is 0.472 e. The summed E-state index contributed by atoms with van der Waals surface area (Å²) in [6.07, 6.45) is 2.08. The molecule has 0 heterocycles. The molecule has 23 heavy (non-hydrogen) atoms. The van der Waals surface area contributed by atoms with Crippen LogP contribution in [-0.2, 0) is 23.1 Å². The van der Waals surface area contributed by atoms with Crippen molar-refractivity contribution in [1.29, 1.82) is 0 Å². The average Bonchev–Trinajstić information content (AvgIpc) is 2.43. The molecule has 0 radical (unpaired) electrons. The van der Waals surface area contributed by atoms with E-state index in [9.17, 15) is 14.3 Å². The number of hydrogen-bond donors (Lipinski definition) is 1. The normalized spacial score (nSPS) is 14.3. The third-order valence-corrected chi connectivity index (χ3v) is 4.35.